The number of sulfonamides is 1. The highest BCUT2D eigenvalue weighted by Crippen LogP contribution is 2.18. The molecule has 28 heavy (non-hydrogen) atoms. The van der Waals surface area contributed by atoms with Crippen LogP contribution in [0.25, 0.3) is 0 Å². The predicted octanol–water partition coefficient (Wildman–Crippen LogP) is 3.11. The topological polar surface area (TPSA) is 78.5 Å². The van der Waals surface area contributed by atoms with Gasteiger partial charge in [-0.3, -0.25) is 9.52 Å². The van der Waals surface area contributed by atoms with Gasteiger partial charge in [-0.2, -0.15) is 0 Å². The molecule has 0 heterocycles. The Hall–Kier alpha value is -2.38. The lowest BCUT2D eigenvalue weighted by Crippen LogP contribution is -2.43. The van der Waals surface area contributed by atoms with Crippen molar-refractivity contribution in [1.29, 1.82) is 0 Å². The zero-order chi connectivity index (χ0) is 20.9. The predicted molar refractivity (Wildman–Crippen MR) is 113 cm³/mol. The number of amides is 1. The first-order valence-corrected chi connectivity index (χ1v) is 10.7. The van der Waals surface area contributed by atoms with Crippen molar-refractivity contribution in [3.63, 3.8) is 0 Å². The molecule has 0 aliphatic heterocycles. The normalized spacial score (nSPS) is 12.8. The Labute approximate surface area is 168 Å². The molecule has 0 aliphatic carbocycles. The summed E-state index contributed by atoms with van der Waals surface area (Å²) in [5.41, 5.74) is 1.83. The molecule has 0 aromatic heterocycles. The van der Waals surface area contributed by atoms with E-state index in [0.717, 1.165) is 5.56 Å². The van der Waals surface area contributed by atoms with E-state index in [9.17, 15) is 13.2 Å². The first kappa shape index (κ1) is 21.9. The van der Waals surface area contributed by atoms with Crippen molar-refractivity contribution in [2.24, 2.45) is 5.92 Å². The highest BCUT2D eigenvalue weighted by Gasteiger charge is 2.19. The maximum absolute atomic E-state index is 12.7. The molecule has 2 N–H and O–H groups in total. The molecule has 2 rings (SSSR count). The van der Waals surface area contributed by atoms with Gasteiger partial charge in [0, 0.05) is 23.8 Å². The number of benzene rings is 2. The molecule has 1 amide bonds. The second-order valence-corrected chi connectivity index (χ2v) is 9.17. The summed E-state index contributed by atoms with van der Waals surface area (Å²) >= 11 is 0. The minimum absolute atomic E-state index is 0.0498. The van der Waals surface area contributed by atoms with Crippen LogP contribution < -0.4 is 10.0 Å². The molecule has 152 valence electrons. The quantitative estimate of drug-likeness (QED) is 0.710. The number of nitrogens with zero attached hydrogens (tertiary/aromatic N) is 1. The second kappa shape index (κ2) is 9.21. The van der Waals surface area contributed by atoms with Crippen molar-refractivity contribution in [3.8, 4) is 0 Å². The molecular weight excluding hydrogens is 374 g/mol. The monoisotopic (exact) mass is 403 g/mol. The van der Waals surface area contributed by atoms with Gasteiger partial charge in [0.15, 0.2) is 0 Å². The summed E-state index contributed by atoms with van der Waals surface area (Å²) in [6, 6.07) is 13.3. The van der Waals surface area contributed by atoms with Gasteiger partial charge in [0.25, 0.3) is 15.9 Å². The number of hydrogen-bond acceptors (Lipinski definition) is 4. The van der Waals surface area contributed by atoms with Gasteiger partial charge in [-0.05, 0) is 57.3 Å². The van der Waals surface area contributed by atoms with Crippen LogP contribution in [0.3, 0.4) is 0 Å². The van der Waals surface area contributed by atoms with Crippen LogP contribution in [0.2, 0.25) is 0 Å². The molecule has 1 atom stereocenters. The van der Waals surface area contributed by atoms with Crippen molar-refractivity contribution >= 4 is 21.6 Å². The van der Waals surface area contributed by atoms with Gasteiger partial charge in [-0.25, -0.2) is 8.42 Å². The number of carbonyl (C=O) groups excluding carboxylic acids is 1. The fraction of sp³-hybridized carbons (Fsp3) is 0.381. The molecule has 0 bridgehead atoms. The maximum Gasteiger partial charge on any atom is 0.261 e. The van der Waals surface area contributed by atoms with Gasteiger partial charge in [0.05, 0.1) is 4.90 Å². The van der Waals surface area contributed by atoms with Crippen molar-refractivity contribution in [2.75, 3.05) is 25.4 Å². The number of carbonyl (C=O) groups is 1. The van der Waals surface area contributed by atoms with E-state index in [0.29, 0.717) is 23.7 Å². The zero-order valence-electron chi connectivity index (χ0n) is 17.1. The number of likely N-dealkylation sites (N-methyl/N-ethyl adjacent to an activating group) is 1. The molecule has 0 spiro atoms. The Morgan fingerprint density at radius 1 is 1.07 bits per heavy atom. The Morgan fingerprint density at radius 3 is 2.29 bits per heavy atom. The SMILES string of the molecule is Cc1ccc(NS(=O)(=O)c2cccc(C(=O)NC[C@H](C(C)C)N(C)C)c2)cc1. The standard InChI is InChI=1S/C21H29N3O3S/c1-15(2)20(24(4)5)14-22-21(25)17-7-6-8-19(13-17)28(26,27)23-18-11-9-16(3)10-12-18/h6-13,15,20,23H,14H2,1-5H3,(H,22,25)/t20-/m1/s1. The van der Waals surface area contributed by atoms with E-state index in [-0.39, 0.29) is 16.8 Å². The Kier molecular flexibility index (Phi) is 7.21. The summed E-state index contributed by atoms with van der Waals surface area (Å²) < 4.78 is 27.9. The van der Waals surface area contributed by atoms with Gasteiger partial charge in [-0.15, -0.1) is 0 Å². The molecule has 0 radical (unpaired) electrons. The first-order chi connectivity index (χ1) is 13.1. The molecule has 0 unspecified atom stereocenters. The highest BCUT2D eigenvalue weighted by molar-refractivity contribution is 7.92. The van der Waals surface area contributed by atoms with E-state index in [1.165, 1.54) is 12.1 Å². The maximum atomic E-state index is 12.7. The average molecular weight is 404 g/mol. The second-order valence-electron chi connectivity index (χ2n) is 7.48. The number of hydrogen-bond donors (Lipinski definition) is 2. The third-order valence-electron chi connectivity index (χ3n) is 4.61. The van der Waals surface area contributed by atoms with E-state index in [1.54, 1.807) is 24.3 Å². The molecule has 0 aliphatic rings. The van der Waals surface area contributed by atoms with Gasteiger partial charge < -0.3 is 10.2 Å². The van der Waals surface area contributed by atoms with Crippen molar-refractivity contribution in [2.45, 2.75) is 31.7 Å². The first-order valence-electron chi connectivity index (χ1n) is 9.24. The lowest BCUT2D eigenvalue weighted by Gasteiger charge is -2.28. The lowest BCUT2D eigenvalue weighted by molar-refractivity contribution is 0.0934. The minimum Gasteiger partial charge on any atom is -0.350 e. The van der Waals surface area contributed by atoms with Crippen molar-refractivity contribution in [3.05, 3.63) is 59.7 Å². The van der Waals surface area contributed by atoms with Crippen LogP contribution in [0.5, 0.6) is 0 Å². The summed E-state index contributed by atoms with van der Waals surface area (Å²) in [5.74, 6) is 0.0839. The van der Waals surface area contributed by atoms with Crippen LogP contribution >= 0.6 is 0 Å². The van der Waals surface area contributed by atoms with Crippen LogP contribution in [0.15, 0.2) is 53.4 Å². The van der Waals surface area contributed by atoms with E-state index in [1.807, 2.05) is 33.2 Å². The van der Waals surface area contributed by atoms with Crippen molar-refractivity contribution < 1.29 is 13.2 Å². The summed E-state index contributed by atoms with van der Waals surface area (Å²) in [4.78, 5) is 14.6. The molecule has 0 fully saturated rings. The highest BCUT2D eigenvalue weighted by atomic mass is 32.2. The lowest BCUT2D eigenvalue weighted by atomic mass is 10.0. The minimum atomic E-state index is -3.78. The summed E-state index contributed by atoms with van der Waals surface area (Å²) in [6.45, 7) is 6.62. The van der Waals surface area contributed by atoms with Gasteiger partial charge in [0.2, 0.25) is 0 Å². The fourth-order valence-corrected chi connectivity index (χ4v) is 4.06. The molecule has 2 aromatic carbocycles. The Morgan fingerprint density at radius 2 is 1.71 bits per heavy atom. The largest absolute Gasteiger partial charge is 0.350 e. The van der Waals surface area contributed by atoms with Crippen molar-refractivity contribution in [1.82, 2.24) is 10.2 Å². The molecule has 2 aromatic rings. The number of anilines is 1. The van der Waals surface area contributed by atoms with Crippen LogP contribution in [0, 0.1) is 12.8 Å². The third-order valence-corrected chi connectivity index (χ3v) is 5.99. The molecule has 0 saturated carbocycles. The third kappa shape index (κ3) is 5.81. The smallest absolute Gasteiger partial charge is 0.261 e. The van der Waals surface area contributed by atoms with E-state index >= 15 is 0 Å². The van der Waals surface area contributed by atoms with E-state index in [2.05, 4.69) is 28.8 Å². The van der Waals surface area contributed by atoms with Crippen LogP contribution in [0.4, 0.5) is 5.69 Å². The van der Waals surface area contributed by atoms with E-state index < -0.39 is 10.0 Å². The Balaban J connectivity index is 2.14. The molecule has 7 heteroatoms. The van der Waals surface area contributed by atoms with Crippen LogP contribution in [0.1, 0.15) is 29.8 Å². The molecule has 6 nitrogen and oxygen atoms in total. The number of rotatable bonds is 8. The van der Waals surface area contributed by atoms with Gasteiger partial charge in [-0.1, -0.05) is 37.6 Å². The number of aryl methyl sites for hydroxylation is 1. The Bertz CT molecular complexity index is 899. The summed E-state index contributed by atoms with van der Waals surface area (Å²) in [7, 11) is 0.167. The number of nitrogens with one attached hydrogen (secondary N) is 2. The van der Waals surface area contributed by atoms with Crippen LogP contribution in [-0.4, -0.2) is 45.9 Å². The summed E-state index contributed by atoms with van der Waals surface area (Å²) in [6.07, 6.45) is 0. The van der Waals surface area contributed by atoms with Crippen LogP contribution in [-0.2, 0) is 10.0 Å². The van der Waals surface area contributed by atoms with Gasteiger partial charge in [0.1, 0.15) is 0 Å². The fourth-order valence-electron chi connectivity index (χ4n) is 2.95. The zero-order valence-corrected chi connectivity index (χ0v) is 17.9. The molecule has 0 saturated heterocycles. The average Bonchev–Trinajstić information content (AvgIpc) is 2.63. The van der Waals surface area contributed by atoms with E-state index in [4.69, 9.17) is 0 Å². The molecular formula is C21H29N3O3S. The summed E-state index contributed by atoms with van der Waals surface area (Å²) in [5, 5.41) is 2.90. The van der Waals surface area contributed by atoms with Gasteiger partial charge >= 0.3 is 0 Å².